The zero-order chi connectivity index (χ0) is 11.5. The number of halogens is 4. The molecule has 0 heterocycles. The van der Waals surface area contributed by atoms with Crippen molar-refractivity contribution in [2.75, 3.05) is 6.61 Å². The third-order valence-electron chi connectivity index (χ3n) is 1.77. The van der Waals surface area contributed by atoms with E-state index in [0.717, 1.165) is 0 Å². The number of hydrogen-bond acceptors (Lipinski definition) is 1. The molecule has 0 atom stereocenters. The van der Waals surface area contributed by atoms with E-state index in [2.05, 4.69) is 4.74 Å². The first-order valence-electron chi connectivity index (χ1n) is 4.28. The van der Waals surface area contributed by atoms with E-state index in [9.17, 15) is 17.6 Å². The van der Waals surface area contributed by atoms with Gasteiger partial charge in [-0.1, -0.05) is 12.1 Å². The zero-order valence-corrected chi connectivity index (χ0v) is 8.07. The minimum absolute atomic E-state index is 0.239. The van der Waals surface area contributed by atoms with Gasteiger partial charge in [0.05, 0.1) is 6.61 Å². The van der Waals surface area contributed by atoms with E-state index in [1.807, 2.05) is 0 Å². The van der Waals surface area contributed by atoms with Crippen molar-refractivity contribution in [2.45, 2.75) is 19.7 Å². The molecule has 0 fully saturated rings. The maximum absolute atomic E-state index is 13.0. The summed E-state index contributed by atoms with van der Waals surface area (Å²) in [5.74, 6) is -0.442. The average Bonchev–Trinajstić information content (AvgIpc) is 2.09. The summed E-state index contributed by atoms with van der Waals surface area (Å²) >= 11 is 0. The number of alkyl halides is 3. The van der Waals surface area contributed by atoms with Gasteiger partial charge in [-0.05, 0) is 24.1 Å². The molecule has 0 N–H and O–H groups in total. The van der Waals surface area contributed by atoms with E-state index in [0.29, 0.717) is 11.1 Å². The van der Waals surface area contributed by atoms with Gasteiger partial charge in [0, 0.05) is 0 Å². The molecule has 0 aliphatic rings. The normalized spacial score (nSPS) is 11.8. The molecular weight excluding hydrogens is 212 g/mol. The van der Waals surface area contributed by atoms with Crippen LogP contribution in [0.3, 0.4) is 0 Å². The number of aryl methyl sites for hydroxylation is 1. The van der Waals surface area contributed by atoms with Crippen molar-refractivity contribution in [2.24, 2.45) is 0 Å². The molecule has 0 aliphatic carbocycles. The van der Waals surface area contributed by atoms with Gasteiger partial charge in [0.2, 0.25) is 0 Å². The number of ether oxygens (including phenoxy) is 1. The Hall–Kier alpha value is -1.10. The van der Waals surface area contributed by atoms with E-state index in [1.165, 1.54) is 18.2 Å². The van der Waals surface area contributed by atoms with Gasteiger partial charge < -0.3 is 4.74 Å². The molecule has 84 valence electrons. The molecule has 0 aliphatic heterocycles. The summed E-state index contributed by atoms with van der Waals surface area (Å²) < 4.78 is 52.5. The van der Waals surface area contributed by atoms with Gasteiger partial charge in [0.25, 0.3) is 0 Å². The van der Waals surface area contributed by atoms with Crippen LogP contribution >= 0.6 is 0 Å². The molecule has 1 rings (SSSR count). The maximum Gasteiger partial charge on any atom is 0.411 e. The molecule has 1 aromatic carbocycles. The Morgan fingerprint density at radius 1 is 1.27 bits per heavy atom. The van der Waals surface area contributed by atoms with Crippen LogP contribution in [-0.4, -0.2) is 12.8 Å². The first-order valence-corrected chi connectivity index (χ1v) is 4.28. The molecule has 0 radical (unpaired) electrons. The largest absolute Gasteiger partial charge is 0.411 e. The lowest BCUT2D eigenvalue weighted by Crippen LogP contribution is -2.16. The van der Waals surface area contributed by atoms with Crippen molar-refractivity contribution >= 4 is 0 Å². The lowest BCUT2D eigenvalue weighted by Gasteiger charge is -2.08. The number of hydrogen-bond donors (Lipinski definition) is 0. The first kappa shape index (κ1) is 12.0. The maximum atomic E-state index is 13.0. The summed E-state index contributed by atoms with van der Waals surface area (Å²) in [5, 5.41) is 0. The van der Waals surface area contributed by atoms with Crippen LogP contribution < -0.4 is 0 Å². The van der Waals surface area contributed by atoms with Crippen molar-refractivity contribution in [3.05, 3.63) is 35.1 Å². The Kier molecular flexibility index (Phi) is 3.68. The Morgan fingerprint density at radius 3 is 2.47 bits per heavy atom. The molecule has 0 spiro atoms. The van der Waals surface area contributed by atoms with Gasteiger partial charge in [0.1, 0.15) is 12.4 Å². The van der Waals surface area contributed by atoms with Crippen molar-refractivity contribution in [3.63, 3.8) is 0 Å². The van der Waals surface area contributed by atoms with Crippen LogP contribution in [0.5, 0.6) is 0 Å². The van der Waals surface area contributed by atoms with Crippen molar-refractivity contribution in [1.82, 2.24) is 0 Å². The van der Waals surface area contributed by atoms with Crippen LogP contribution in [0.15, 0.2) is 18.2 Å². The predicted octanol–water partition coefficient (Wildman–Crippen LogP) is 3.21. The van der Waals surface area contributed by atoms with Crippen LogP contribution in [0, 0.1) is 12.7 Å². The topological polar surface area (TPSA) is 9.23 Å². The Labute approximate surface area is 84.7 Å². The Balaban J connectivity index is 2.48. The Bertz CT molecular complexity index is 333. The fourth-order valence-electron chi connectivity index (χ4n) is 1.01. The summed E-state index contributed by atoms with van der Waals surface area (Å²) in [5.41, 5.74) is 0.844. The van der Waals surface area contributed by atoms with Crippen LogP contribution in [0.1, 0.15) is 11.1 Å². The molecule has 0 amide bonds. The smallest absolute Gasteiger partial charge is 0.367 e. The van der Waals surface area contributed by atoms with E-state index >= 15 is 0 Å². The molecule has 5 heteroatoms. The molecule has 1 nitrogen and oxygen atoms in total. The van der Waals surface area contributed by atoms with Crippen LogP contribution in [0.4, 0.5) is 17.6 Å². The summed E-state index contributed by atoms with van der Waals surface area (Å²) in [7, 11) is 0. The van der Waals surface area contributed by atoms with E-state index < -0.39 is 18.6 Å². The minimum Gasteiger partial charge on any atom is -0.367 e. The molecule has 0 saturated heterocycles. The van der Waals surface area contributed by atoms with Gasteiger partial charge in [0.15, 0.2) is 0 Å². The number of rotatable bonds is 3. The van der Waals surface area contributed by atoms with Gasteiger partial charge in [-0.3, -0.25) is 0 Å². The van der Waals surface area contributed by atoms with Gasteiger partial charge in [-0.2, -0.15) is 13.2 Å². The SMILES string of the molecule is Cc1ccc(COCC(F)(F)F)cc1F. The second-order valence-corrected chi connectivity index (χ2v) is 3.19. The predicted molar refractivity (Wildman–Crippen MR) is 46.8 cm³/mol. The van der Waals surface area contributed by atoms with E-state index in [1.54, 1.807) is 6.92 Å². The average molecular weight is 222 g/mol. The first-order chi connectivity index (χ1) is 6.88. The van der Waals surface area contributed by atoms with Crippen molar-refractivity contribution < 1.29 is 22.3 Å². The van der Waals surface area contributed by atoms with E-state index in [4.69, 9.17) is 0 Å². The molecule has 0 bridgehead atoms. The van der Waals surface area contributed by atoms with Crippen LogP contribution in [-0.2, 0) is 11.3 Å². The summed E-state index contributed by atoms with van der Waals surface area (Å²) in [6.45, 7) is 0.0227. The number of benzene rings is 1. The fourth-order valence-corrected chi connectivity index (χ4v) is 1.01. The van der Waals surface area contributed by atoms with Crippen LogP contribution in [0.25, 0.3) is 0 Å². The minimum atomic E-state index is -4.34. The highest BCUT2D eigenvalue weighted by atomic mass is 19.4. The van der Waals surface area contributed by atoms with Crippen molar-refractivity contribution in [1.29, 1.82) is 0 Å². The third kappa shape index (κ3) is 4.29. The third-order valence-corrected chi connectivity index (χ3v) is 1.77. The zero-order valence-electron chi connectivity index (χ0n) is 8.07. The summed E-state index contributed by atoms with van der Waals surface area (Å²) in [6, 6.07) is 4.21. The van der Waals surface area contributed by atoms with Gasteiger partial charge in [-0.15, -0.1) is 0 Å². The summed E-state index contributed by atoms with van der Waals surface area (Å²) in [6.07, 6.45) is -4.34. The highest BCUT2D eigenvalue weighted by molar-refractivity contribution is 5.22. The molecule has 15 heavy (non-hydrogen) atoms. The lowest BCUT2D eigenvalue weighted by atomic mass is 10.1. The van der Waals surface area contributed by atoms with Gasteiger partial charge in [-0.25, -0.2) is 4.39 Å². The quantitative estimate of drug-likeness (QED) is 0.713. The summed E-state index contributed by atoms with van der Waals surface area (Å²) in [4.78, 5) is 0. The highest BCUT2D eigenvalue weighted by Crippen LogP contribution is 2.16. The van der Waals surface area contributed by atoms with Crippen molar-refractivity contribution in [3.8, 4) is 0 Å². The van der Waals surface area contributed by atoms with Gasteiger partial charge >= 0.3 is 6.18 Å². The highest BCUT2D eigenvalue weighted by Gasteiger charge is 2.27. The second-order valence-electron chi connectivity index (χ2n) is 3.19. The standard InChI is InChI=1S/C10H10F4O/c1-7-2-3-8(4-9(7)11)5-15-6-10(12,13)14/h2-4H,5-6H2,1H3. The molecule has 1 aromatic rings. The second kappa shape index (κ2) is 4.61. The van der Waals surface area contributed by atoms with Crippen LogP contribution in [0.2, 0.25) is 0 Å². The lowest BCUT2D eigenvalue weighted by molar-refractivity contribution is -0.176. The monoisotopic (exact) mass is 222 g/mol. The molecule has 0 aromatic heterocycles. The molecule has 0 unspecified atom stereocenters. The molecular formula is C10H10F4O. The van der Waals surface area contributed by atoms with E-state index in [-0.39, 0.29) is 6.61 Å². The fraction of sp³-hybridized carbons (Fsp3) is 0.400. The Morgan fingerprint density at radius 2 is 1.93 bits per heavy atom. The molecule has 0 saturated carbocycles.